The van der Waals surface area contributed by atoms with E-state index in [2.05, 4.69) is 44.6 Å². The molecule has 1 saturated heterocycles. The van der Waals surface area contributed by atoms with Crippen molar-refractivity contribution in [1.29, 1.82) is 0 Å². The summed E-state index contributed by atoms with van der Waals surface area (Å²) < 4.78 is 47.0. The summed E-state index contributed by atoms with van der Waals surface area (Å²) in [6.45, 7) is 5.39. The Bertz CT molecular complexity index is 1470. The second-order valence-electron chi connectivity index (χ2n) is 9.83. The van der Waals surface area contributed by atoms with Gasteiger partial charge in [-0.25, -0.2) is 4.98 Å². The smallest absolute Gasteiger partial charge is 0.416 e. The summed E-state index contributed by atoms with van der Waals surface area (Å²) in [5.41, 5.74) is 0.704. The third-order valence-electron chi connectivity index (χ3n) is 6.78. The fraction of sp³-hybridized carbons (Fsp3) is 0.321. The number of aromatic nitrogens is 3. The molecule has 11 heteroatoms. The number of H-pyrrole nitrogens is 1. The van der Waals surface area contributed by atoms with Crippen LogP contribution in [0.2, 0.25) is 0 Å². The standard InChI is InChI=1S/C28H29F3N6O2/c1-17(2)37-10-4-5-22(37)16-39-23-12-19(28(29,30)31)11-21(13-23)35-27(38)24-6-3-9-32-26(24)34-20-8-7-18-15-33-36-25(18)14-20/h3,6-9,11-15,17,22H,4-5,10,16H2,1-2H3,(H,32,34)(H,33,36)(H,35,38)/t22-/m0/s1. The van der Waals surface area contributed by atoms with Crippen LogP contribution in [0.3, 0.4) is 0 Å². The first kappa shape index (κ1) is 26.5. The van der Waals surface area contributed by atoms with Gasteiger partial charge in [0, 0.05) is 41.1 Å². The highest BCUT2D eigenvalue weighted by Gasteiger charge is 2.32. The molecule has 3 heterocycles. The van der Waals surface area contributed by atoms with Crippen LogP contribution in [0.1, 0.15) is 42.6 Å². The van der Waals surface area contributed by atoms with Gasteiger partial charge >= 0.3 is 6.18 Å². The number of pyridine rings is 1. The Labute approximate surface area is 223 Å². The molecule has 0 aliphatic carbocycles. The van der Waals surface area contributed by atoms with E-state index in [0.717, 1.165) is 42.4 Å². The fourth-order valence-corrected chi connectivity index (χ4v) is 4.87. The van der Waals surface area contributed by atoms with Crippen LogP contribution in [0, 0.1) is 0 Å². The summed E-state index contributed by atoms with van der Waals surface area (Å²) in [5.74, 6) is -0.305. The van der Waals surface area contributed by atoms with E-state index in [1.807, 2.05) is 18.2 Å². The van der Waals surface area contributed by atoms with Crippen molar-refractivity contribution in [3.05, 3.63) is 72.1 Å². The third-order valence-corrected chi connectivity index (χ3v) is 6.78. The molecule has 4 aromatic rings. The zero-order valence-corrected chi connectivity index (χ0v) is 21.5. The van der Waals surface area contributed by atoms with Crippen LogP contribution in [0.5, 0.6) is 5.75 Å². The van der Waals surface area contributed by atoms with Crippen molar-refractivity contribution in [2.75, 3.05) is 23.8 Å². The molecule has 2 aromatic heterocycles. The first-order valence-corrected chi connectivity index (χ1v) is 12.7. The molecule has 39 heavy (non-hydrogen) atoms. The molecule has 8 nitrogen and oxygen atoms in total. The molecule has 1 amide bonds. The summed E-state index contributed by atoms with van der Waals surface area (Å²) in [4.78, 5) is 19.8. The lowest BCUT2D eigenvalue weighted by Crippen LogP contribution is -2.39. The number of alkyl halides is 3. The summed E-state index contributed by atoms with van der Waals surface area (Å²) in [5, 5.41) is 13.5. The minimum absolute atomic E-state index is 0.0226. The number of fused-ring (bicyclic) bond motifs is 1. The second kappa shape index (κ2) is 10.9. The van der Waals surface area contributed by atoms with Gasteiger partial charge in [-0.3, -0.25) is 14.8 Å². The summed E-state index contributed by atoms with van der Waals surface area (Å²) in [7, 11) is 0. The Morgan fingerprint density at radius 2 is 2.03 bits per heavy atom. The molecule has 0 spiro atoms. The molecule has 1 aliphatic rings. The van der Waals surface area contributed by atoms with E-state index in [1.165, 1.54) is 12.3 Å². The molecular weight excluding hydrogens is 509 g/mol. The van der Waals surface area contributed by atoms with E-state index >= 15 is 0 Å². The van der Waals surface area contributed by atoms with Crippen molar-refractivity contribution in [1.82, 2.24) is 20.1 Å². The molecule has 2 aromatic carbocycles. The maximum Gasteiger partial charge on any atom is 0.416 e. The Kier molecular flexibility index (Phi) is 7.42. The number of hydrogen-bond donors (Lipinski definition) is 3. The first-order chi connectivity index (χ1) is 18.7. The molecular formula is C28H29F3N6O2. The predicted molar refractivity (Wildman–Crippen MR) is 143 cm³/mol. The maximum absolute atomic E-state index is 13.7. The van der Waals surface area contributed by atoms with Gasteiger partial charge in [-0.2, -0.15) is 18.3 Å². The van der Waals surface area contributed by atoms with Gasteiger partial charge in [0.25, 0.3) is 5.91 Å². The highest BCUT2D eigenvalue weighted by atomic mass is 19.4. The normalized spacial score (nSPS) is 16.1. The Morgan fingerprint density at radius 1 is 1.18 bits per heavy atom. The number of carbonyl (C=O) groups is 1. The summed E-state index contributed by atoms with van der Waals surface area (Å²) in [6.07, 6.45) is 0.550. The number of carbonyl (C=O) groups excluding carboxylic acids is 1. The van der Waals surface area contributed by atoms with Crippen LogP contribution >= 0.6 is 0 Å². The van der Waals surface area contributed by atoms with Crippen molar-refractivity contribution in [3.8, 4) is 5.75 Å². The summed E-state index contributed by atoms with van der Waals surface area (Å²) >= 11 is 0. The summed E-state index contributed by atoms with van der Waals surface area (Å²) in [6, 6.07) is 12.4. The Balaban J connectivity index is 1.36. The number of ether oxygens (including phenoxy) is 1. The van der Waals surface area contributed by atoms with Crippen molar-refractivity contribution in [2.24, 2.45) is 0 Å². The SMILES string of the molecule is CC(C)N1CCC[C@H]1COc1cc(NC(=O)c2cccnc2Nc2ccc3cn[nH]c3c2)cc(C(F)(F)F)c1. The van der Waals surface area contributed by atoms with Crippen LogP contribution in [-0.4, -0.2) is 51.2 Å². The van der Waals surface area contributed by atoms with E-state index < -0.39 is 17.6 Å². The van der Waals surface area contributed by atoms with Gasteiger partial charge in [0.1, 0.15) is 18.2 Å². The number of benzene rings is 2. The lowest BCUT2D eigenvalue weighted by Gasteiger charge is -2.28. The number of amides is 1. The predicted octanol–water partition coefficient (Wildman–Crippen LogP) is 6.22. The monoisotopic (exact) mass is 538 g/mol. The number of anilines is 3. The van der Waals surface area contributed by atoms with Crippen LogP contribution in [0.4, 0.5) is 30.4 Å². The molecule has 0 bridgehead atoms. The second-order valence-corrected chi connectivity index (χ2v) is 9.83. The molecule has 0 radical (unpaired) electrons. The molecule has 1 aliphatic heterocycles. The van der Waals surface area contributed by atoms with Gasteiger partial charge in [0.05, 0.1) is 22.8 Å². The van der Waals surface area contributed by atoms with Crippen molar-refractivity contribution >= 4 is 34.0 Å². The van der Waals surface area contributed by atoms with Gasteiger partial charge in [-0.05, 0) is 75.7 Å². The molecule has 5 rings (SSSR count). The number of hydrogen-bond acceptors (Lipinski definition) is 6. The van der Waals surface area contributed by atoms with Crippen molar-refractivity contribution < 1.29 is 22.7 Å². The minimum atomic E-state index is -4.61. The number of likely N-dealkylation sites (tertiary alicyclic amines) is 1. The Morgan fingerprint density at radius 3 is 2.82 bits per heavy atom. The van der Waals surface area contributed by atoms with Crippen molar-refractivity contribution in [2.45, 2.75) is 44.9 Å². The average molecular weight is 539 g/mol. The maximum atomic E-state index is 13.7. The van der Waals surface area contributed by atoms with Gasteiger partial charge in [-0.15, -0.1) is 0 Å². The zero-order chi connectivity index (χ0) is 27.6. The molecule has 0 saturated carbocycles. The minimum Gasteiger partial charge on any atom is -0.492 e. The zero-order valence-electron chi connectivity index (χ0n) is 21.5. The molecule has 1 atom stereocenters. The number of aromatic amines is 1. The van der Waals surface area contributed by atoms with E-state index in [0.29, 0.717) is 11.7 Å². The average Bonchev–Trinajstić information content (AvgIpc) is 3.56. The van der Waals surface area contributed by atoms with Gasteiger partial charge in [0.15, 0.2) is 0 Å². The van der Waals surface area contributed by atoms with E-state index in [4.69, 9.17) is 4.74 Å². The largest absolute Gasteiger partial charge is 0.492 e. The van der Waals surface area contributed by atoms with Crippen LogP contribution in [-0.2, 0) is 6.18 Å². The van der Waals surface area contributed by atoms with E-state index in [-0.39, 0.29) is 35.5 Å². The van der Waals surface area contributed by atoms with E-state index in [1.54, 1.807) is 18.3 Å². The fourth-order valence-electron chi connectivity index (χ4n) is 4.87. The van der Waals surface area contributed by atoms with Crippen molar-refractivity contribution in [3.63, 3.8) is 0 Å². The highest BCUT2D eigenvalue weighted by Crippen LogP contribution is 2.35. The molecule has 0 unspecified atom stereocenters. The number of nitrogens with zero attached hydrogens (tertiary/aromatic N) is 3. The van der Waals surface area contributed by atoms with Crippen LogP contribution < -0.4 is 15.4 Å². The van der Waals surface area contributed by atoms with Gasteiger partial charge in [0.2, 0.25) is 0 Å². The van der Waals surface area contributed by atoms with Crippen LogP contribution in [0.15, 0.2) is 60.9 Å². The number of halogens is 3. The quantitative estimate of drug-likeness (QED) is 0.246. The van der Waals surface area contributed by atoms with Gasteiger partial charge in [-0.1, -0.05) is 0 Å². The first-order valence-electron chi connectivity index (χ1n) is 12.7. The lowest BCUT2D eigenvalue weighted by molar-refractivity contribution is -0.137. The third kappa shape index (κ3) is 6.14. The van der Waals surface area contributed by atoms with Gasteiger partial charge < -0.3 is 15.4 Å². The number of rotatable bonds is 8. The molecule has 3 N–H and O–H groups in total. The Hall–Kier alpha value is -4.12. The molecule has 204 valence electrons. The van der Waals surface area contributed by atoms with Crippen LogP contribution in [0.25, 0.3) is 10.9 Å². The number of nitrogens with one attached hydrogen (secondary N) is 3. The highest BCUT2D eigenvalue weighted by molar-refractivity contribution is 6.08. The lowest BCUT2D eigenvalue weighted by atomic mass is 10.1. The van der Waals surface area contributed by atoms with E-state index in [9.17, 15) is 18.0 Å². The topological polar surface area (TPSA) is 95.2 Å². The molecule has 1 fully saturated rings.